The maximum absolute atomic E-state index is 12.3. The van der Waals surface area contributed by atoms with Crippen LogP contribution in [0, 0.1) is 0 Å². The Balaban J connectivity index is 1.71. The summed E-state index contributed by atoms with van der Waals surface area (Å²) in [5.41, 5.74) is 1.31. The molecule has 0 aliphatic rings. The molecule has 0 atom stereocenters. The van der Waals surface area contributed by atoms with E-state index in [9.17, 15) is 4.79 Å². The van der Waals surface area contributed by atoms with Crippen molar-refractivity contribution in [2.24, 2.45) is 0 Å². The monoisotopic (exact) mass is 404 g/mol. The lowest BCUT2D eigenvalue weighted by Gasteiger charge is -2.12. The summed E-state index contributed by atoms with van der Waals surface area (Å²) < 4.78 is 12.4. The number of methoxy groups -OCH3 is 2. The number of amides is 1. The van der Waals surface area contributed by atoms with E-state index in [2.05, 4.69) is 15.5 Å². The Hall–Kier alpha value is -2.71. The number of carbonyl (C=O) groups is 1. The molecule has 1 N–H and O–H groups in total. The van der Waals surface area contributed by atoms with Crippen molar-refractivity contribution in [2.45, 2.75) is 5.16 Å². The number of hydrogen-bond donors (Lipinski definition) is 1. The fourth-order valence-corrected chi connectivity index (χ4v) is 3.31. The molecule has 0 fully saturated rings. The normalized spacial score (nSPS) is 10.5. The summed E-state index contributed by atoms with van der Waals surface area (Å²) in [6.45, 7) is 0. The van der Waals surface area contributed by atoms with Gasteiger partial charge in [0.1, 0.15) is 17.8 Å². The first kappa shape index (κ1) is 19.1. The number of benzene rings is 2. The van der Waals surface area contributed by atoms with Gasteiger partial charge in [-0.3, -0.25) is 9.36 Å². The first-order valence-electron chi connectivity index (χ1n) is 7.92. The average Bonchev–Trinajstić information content (AvgIpc) is 3.15. The summed E-state index contributed by atoms with van der Waals surface area (Å²) in [5.74, 6) is 1.15. The third-order valence-electron chi connectivity index (χ3n) is 3.63. The third-order valence-corrected chi connectivity index (χ3v) is 4.81. The minimum absolute atomic E-state index is 0.142. The summed E-state index contributed by atoms with van der Waals surface area (Å²) in [4.78, 5) is 12.3. The predicted molar refractivity (Wildman–Crippen MR) is 105 cm³/mol. The molecule has 0 saturated carbocycles. The standard InChI is InChI=1S/C18H17ClN4O3S/c1-25-15-8-7-12(19)9-13(15)21-17(24)10-27-18-22-20-11-23(18)14-5-3-4-6-16(14)26-2/h3-9,11H,10H2,1-2H3,(H,21,24). The second kappa shape index (κ2) is 8.79. The lowest BCUT2D eigenvalue weighted by molar-refractivity contribution is -0.113. The number of carbonyl (C=O) groups excluding carboxylic acids is 1. The van der Waals surface area contributed by atoms with Gasteiger partial charge in [-0.05, 0) is 30.3 Å². The summed E-state index contributed by atoms with van der Waals surface area (Å²) >= 11 is 7.25. The van der Waals surface area contributed by atoms with E-state index >= 15 is 0 Å². The predicted octanol–water partition coefficient (Wildman–Crippen LogP) is 3.67. The van der Waals surface area contributed by atoms with E-state index in [0.717, 1.165) is 5.69 Å². The lowest BCUT2D eigenvalue weighted by atomic mass is 10.3. The molecule has 3 rings (SSSR count). The molecule has 0 aliphatic carbocycles. The molecular formula is C18H17ClN4O3S. The molecule has 2 aromatic carbocycles. The van der Waals surface area contributed by atoms with E-state index in [-0.39, 0.29) is 11.7 Å². The summed E-state index contributed by atoms with van der Waals surface area (Å²) in [7, 11) is 3.13. The molecule has 0 radical (unpaired) electrons. The Kier molecular flexibility index (Phi) is 6.20. The molecule has 27 heavy (non-hydrogen) atoms. The van der Waals surface area contributed by atoms with Crippen molar-refractivity contribution in [3.8, 4) is 17.2 Å². The average molecular weight is 405 g/mol. The van der Waals surface area contributed by atoms with E-state index in [1.54, 1.807) is 36.2 Å². The van der Waals surface area contributed by atoms with Crippen molar-refractivity contribution in [2.75, 3.05) is 25.3 Å². The van der Waals surface area contributed by atoms with E-state index in [0.29, 0.717) is 27.4 Å². The SMILES string of the molecule is COc1ccc(Cl)cc1NC(=O)CSc1nncn1-c1ccccc1OC. The molecular weight excluding hydrogens is 388 g/mol. The van der Waals surface area contributed by atoms with Gasteiger partial charge in [0.05, 0.1) is 31.3 Å². The van der Waals surface area contributed by atoms with E-state index < -0.39 is 0 Å². The van der Waals surface area contributed by atoms with Crippen molar-refractivity contribution in [1.82, 2.24) is 14.8 Å². The third kappa shape index (κ3) is 4.53. The number of rotatable bonds is 7. The summed E-state index contributed by atoms with van der Waals surface area (Å²) in [6, 6.07) is 12.5. The van der Waals surface area contributed by atoms with Gasteiger partial charge in [-0.25, -0.2) is 0 Å². The highest BCUT2D eigenvalue weighted by Crippen LogP contribution is 2.29. The molecule has 0 aliphatic heterocycles. The van der Waals surface area contributed by atoms with Crippen LogP contribution in [-0.4, -0.2) is 40.6 Å². The van der Waals surface area contributed by atoms with Crippen LogP contribution in [0.3, 0.4) is 0 Å². The zero-order valence-electron chi connectivity index (χ0n) is 14.7. The number of nitrogens with one attached hydrogen (secondary N) is 1. The minimum atomic E-state index is -0.213. The summed E-state index contributed by atoms with van der Waals surface area (Å²) in [6.07, 6.45) is 1.58. The highest BCUT2D eigenvalue weighted by Gasteiger charge is 2.14. The molecule has 7 nitrogen and oxygen atoms in total. The molecule has 1 heterocycles. The first-order chi connectivity index (χ1) is 13.1. The van der Waals surface area contributed by atoms with Crippen LogP contribution < -0.4 is 14.8 Å². The fourth-order valence-electron chi connectivity index (χ4n) is 2.41. The zero-order valence-corrected chi connectivity index (χ0v) is 16.3. The van der Waals surface area contributed by atoms with Crippen LogP contribution in [-0.2, 0) is 4.79 Å². The Morgan fingerprint density at radius 1 is 1.19 bits per heavy atom. The molecule has 0 bridgehead atoms. The number of halogens is 1. The maximum Gasteiger partial charge on any atom is 0.234 e. The first-order valence-corrected chi connectivity index (χ1v) is 9.28. The summed E-state index contributed by atoms with van der Waals surface area (Å²) in [5, 5.41) is 11.9. The molecule has 140 valence electrons. The second-order valence-corrected chi connectivity index (χ2v) is 6.72. The van der Waals surface area contributed by atoms with Gasteiger partial charge in [0, 0.05) is 5.02 Å². The number of hydrogen-bond acceptors (Lipinski definition) is 6. The van der Waals surface area contributed by atoms with Crippen LogP contribution in [0.5, 0.6) is 11.5 Å². The van der Waals surface area contributed by atoms with Gasteiger partial charge in [0.2, 0.25) is 5.91 Å². The van der Waals surface area contributed by atoms with Gasteiger partial charge in [-0.1, -0.05) is 35.5 Å². The van der Waals surface area contributed by atoms with Gasteiger partial charge < -0.3 is 14.8 Å². The Labute approximate surface area is 165 Å². The van der Waals surface area contributed by atoms with Crippen LogP contribution in [0.2, 0.25) is 5.02 Å². The number of para-hydroxylation sites is 2. The van der Waals surface area contributed by atoms with Crippen LogP contribution >= 0.6 is 23.4 Å². The number of ether oxygens (including phenoxy) is 2. The van der Waals surface area contributed by atoms with Gasteiger partial charge in [0.15, 0.2) is 5.16 Å². The maximum atomic E-state index is 12.3. The van der Waals surface area contributed by atoms with Gasteiger partial charge in [-0.15, -0.1) is 10.2 Å². The van der Waals surface area contributed by atoms with Crippen molar-refractivity contribution in [1.29, 1.82) is 0 Å². The highest BCUT2D eigenvalue weighted by molar-refractivity contribution is 7.99. The molecule has 0 unspecified atom stereocenters. The number of aromatic nitrogens is 3. The number of thioether (sulfide) groups is 1. The van der Waals surface area contributed by atoms with Gasteiger partial charge in [-0.2, -0.15) is 0 Å². The molecule has 9 heteroatoms. The largest absolute Gasteiger partial charge is 0.495 e. The van der Waals surface area contributed by atoms with Gasteiger partial charge in [0.25, 0.3) is 0 Å². The molecule has 0 saturated heterocycles. The second-order valence-electron chi connectivity index (χ2n) is 5.34. The van der Waals surface area contributed by atoms with Crippen LogP contribution in [0.25, 0.3) is 5.69 Å². The molecule has 0 spiro atoms. The molecule has 1 amide bonds. The number of nitrogens with zero attached hydrogens (tertiary/aromatic N) is 3. The van der Waals surface area contributed by atoms with E-state index in [1.807, 2.05) is 24.3 Å². The lowest BCUT2D eigenvalue weighted by Crippen LogP contribution is -2.15. The quantitative estimate of drug-likeness (QED) is 0.605. The van der Waals surface area contributed by atoms with E-state index in [1.165, 1.54) is 18.9 Å². The van der Waals surface area contributed by atoms with Crippen molar-refractivity contribution in [3.05, 3.63) is 53.8 Å². The molecule has 1 aromatic heterocycles. The van der Waals surface area contributed by atoms with E-state index in [4.69, 9.17) is 21.1 Å². The van der Waals surface area contributed by atoms with Crippen LogP contribution in [0.4, 0.5) is 5.69 Å². The van der Waals surface area contributed by atoms with Crippen molar-refractivity contribution >= 4 is 35.0 Å². The minimum Gasteiger partial charge on any atom is -0.495 e. The Bertz CT molecular complexity index is 948. The fraction of sp³-hybridized carbons (Fsp3) is 0.167. The molecule has 3 aromatic rings. The Morgan fingerprint density at radius 3 is 2.74 bits per heavy atom. The topological polar surface area (TPSA) is 78.3 Å². The van der Waals surface area contributed by atoms with Gasteiger partial charge >= 0.3 is 0 Å². The highest BCUT2D eigenvalue weighted by atomic mass is 35.5. The Morgan fingerprint density at radius 2 is 1.96 bits per heavy atom. The van der Waals surface area contributed by atoms with Crippen LogP contribution in [0.15, 0.2) is 53.9 Å². The van der Waals surface area contributed by atoms with Crippen molar-refractivity contribution < 1.29 is 14.3 Å². The number of anilines is 1. The van der Waals surface area contributed by atoms with Crippen LogP contribution in [0.1, 0.15) is 0 Å². The van der Waals surface area contributed by atoms with Crippen molar-refractivity contribution in [3.63, 3.8) is 0 Å². The smallest absolute Gasteiger partial charge is 0.234 e. The zero-order chi connectivity index (χ0) is 19.2.